The number of hydrogen-bond donors (Lipinski definition) is 3. The Morgan fingerprint density at radius 2 is 1.80 bits per heavy atom. The molecule has 0 unspecified atom stereocenters. The molecule has 0 aromatic heterocycles. The van der Waals surface area contributed by atoms with E-state index in [-0.39, 0.29) is 6.61 Å². The lowest BCUT2D eigenvalue weighted by atomic mass is 9.81. The molecule has 15 heavy (non-hydrogen) atoms. The van der Waals surface area contributed by atoms with Crippen molar-refractivity contribution in [1.29, 1.82) is 0 Å². The van der Waals surface area contributed by atoms with Gasteiger partial charge in [0, 0.05) is 6.54 Å². The van der Waals surface area contributed by atoms with Crippen LogP contribution < -0.4 is 5.32 Å². The summed E-state index contributed by atoms with van der Waals surface area (Å²) in [5.41, 5.74) is 0. The smallest absolute Gasteiger partial charge is 0.0894 e. The molecular formula is C12H25NO2. The summed E-state index contributed by atoms with van der Waals surface area (Å²) < 4.78 is 0. The van der Waals surface area contributed by atoms with Gasteiger partial charge in [-0.1, -0.05) is 26.2 Å². The van der Waals surface area contributed by atoms with Gasteiger partial charge in [0.15, 0.2) is 0 Å². The molecule has 1 atom stereocenters. The first-order valence-electron chi connectivity index (χ1n) is 6.25. The Morgan fingerprint density at radius 3 is 2.33 bits per heavy atom. The molecule has 3 N–H and O–H groups in total. The molecule has 0 aromatic rings. The zero-order valence-electron chi connectivity index (χ0n) is 9.78. The molecule has 90 valence electrons. The molecule has 0 radical (unpaired) electrons. The molecular weight excluding hydrogens is 190 g/mol. The SMILES string of the molecule is CCC1CCC(CNC[C@H](O)CO)CC1. The molecule has 3 nitrogen and oxygen atoms in total. The topological polar surface area (TPSA) is 52.5 Å². The first-order chi connectivity index (χ1) is 7.26. The standard InChI is InChI=1S/C12H25NO2/c1-2-10-3-5-11(6-4-10)7-13-8-12(15)9-14/h10-15H,2-9H2,1H3/t10?,11?,12-/m0/s1. The number of rotatable bonds is 6. The normalized spacial score (nSPS) is 29.0. The van der Waals surface area contributed by atoms with E-state index in [4.69, 9.17) is 10.2 Å². The fourth-order valence-electron chi connectivity index (χ4n) is 2.36. The Morgan fingerprint density at radius 1 is 1.20 bits per heavy atom. The van der Waals surface area contributed by atoms with Crippen LogP contribution in [0.15, 0.2) is 0 Å². The largest absolute Gasteiger partial charge is 0.394 e. The van der Waals surface area contributed by atoms with Crippen molar-refractivity contribution >= 4 is 0 Å². The third-order valence-corrected chi connectivity index (χ3v) is 3.57. The average Bonchev–Trinajstić information content (AvgIpc) is 2.29. The van der Waals surface area contributed by atoms with Crippen LogP contribution in [-0.2, 0) is 0 Å². The number of hydrogen-bond acceptors (Lipinski definition) is 3. The zero-order valence-corrected chi connectivity index (χ0v) is 9.78. The minimum absolute atomic E-state index is 0.143. The summed E-state index contributed by atoms with van der Waals surface area (Å²) in [6, 6.07) is 0. The molecule has 0 spiro atoms. The molecule has 3 heteroatoms. The highest BCUT2D eigenvalue weighted by molar-refractivity contribution is 4.73. The van der Waals surface area contributed by atoms with Crippen molar-refractivity contribution in [3.05, 3.63) is 0 Å². The summed E-state index contributed by atoms with van der Waals surface area (Å²) in [5.74, 6) is 1.72. The second-order valence-corrected chi connectivity index (χ2v) is 4.79. The maximum Gasteiger partial charge on any atom is 0.0894 e. The minimum atomic E-state index is -0.600. The first kappa shape index (κ1) is 12.9. The maximum absolute atomic E-state index is 9.16. The Hall–Kier alpha value is -0.120. The molecule has 0 aromatic carbocycles. The average molecular weight is 215 g/mol. The van der Waals surface area contributed by atoms with E-state index in [0.717, 1.165) is 18.4 Å². The Balaban J connectivity index is 2.03. The van der Waals surface area contributed by atoms with Crippen molar-refractivity contribution in [2.24, 2.45) is 11.8 Å². The van der Waals surface area contributed by atoms with Crippen LogP contribution in [0.2, 0.25) is 0 Å². The third kappa shape index (κ3) is 4.96. The fraction of sp³-hybridized carbons (Fsp3) is 1.00. The fourth-order valence-corrected chi connectivity index (χ4v) is 2.36. The van der Waals surface area contributed by atoms with E-state index in [1.807, 2.05) is 0 Å². The van der Waals surface area contributed by atoms with Gasteiger partial charge in [-0.05, 0) is 31.2 Å². The van der Waals surface area contributed by atoms with Gasteiger partial charge < -0.3 is 15.5 Å². The van der Waals surface area contributed by atoms with Crippen LogP contribution in [0.3, 0.4) is 0 Å². The molecule has 0 aliphatic heterocycles. The predicted molar refractivity (Wildman–Crippen MR) is 61.7 cm³/mol. The van der Waals surface area contributed by atoms with Crippen molar-refractivity contribution in [2.45, 2.75) is 45.1 Å². The van der Waals surface area contributed by atoms with Crippen LogP contribution in [0.4, 0.5) is 0 Å². The number of aliphatic hydroxyl groups is 2. The van der Waals surface area contributed by atoms with E-state index >= 15 is 0 Å². The summed E-state index contributed by atoms with van der Waals surface area (Å²) in [5, 5.41) is 21.0. The summed E-state index contributed by atoms with van der Waals surface area (Å²) in [4.78, 5) is 0. The van der Waals surface area contributed by atoms with Crippen LogP contribution in [0.25, 0.3) is 0 Å². The molecule has 1 saturated carbocycles. The van der Waals surface area contributed by atoms with Crippen molar-refractivity contribution in [3.8, 4) is 0 Å². The van der Waals surface area contributed by atoms with Gasteiger partial charge in [0.2, 0.25) is 0 Å². The summed E-state index contributed by atoms with van der Waals surface area (Å²) in [6.07, 6.45) is 6.10. The van der Waals surface area contributed by atoms with E-state index in [0.29, 0.717) is 6.54 Å². The summed E-state index contributed by atoms with van der Waals surface area (Å²) >= 11 is 0. The molecule has 0 bridgehead atoms. The lowest BCUT2D eigenvalue weighted by molar-refractivity contribution is 0.0927. The lowest BCUT2D eigenvalue weighted by Gasteiger charge is -2.28. The molecule has 1 fully saturated rings. The quantitative estimate of drug-likeness (QED) is 0.623. The summed E-state index contributed by atoms with van der Waals surface area (Å²) in [7, 11) is 0. The second kappa shape index (κ2) is 7.20. The monoisotopic (exact) mass is 215 g/mol. The van der Waals surface area contributed by atoms with Gasteiger partial charge >= 0.3 is 0 Å². The molecule has 1 aliphatic rings. The van der Waals surface area contributed by atoms with E-state index in [1.165, 1.54) is 32.1 Å². The van der Waals surface area contributed by atoms with Gasteiger partial charge in [0.25, 0.3) is 0 Å². The van der Waals surface area contributed by atoms with E-state index < -0.39 is 6.10 Å². The molecule has 1 aliphatic carbocycles. The highest BCUT2D eigenvalue weighted by Gasteiger charge is 2.19. The zero-order chi connectivity index (χ0) is 11.1. The van der Waals surface area contributed by atoms with Crippen LogP contribution >= 0.6 is 0 Å². The van der Waals surface area contributed by atoms with E-state index in [9.17, 15) is 0 Å². The third-order valence-electron chi connectivity index (χ3n) is 3.57. The van der Waals surface area contributed by atoms with E-state index in [2.05, 4.69) is 12.2 Å². The maximum atomic E-state index is 9.16. The second-order valence-electron chi connectivity index (χ2n) is 4.79. The van der Waals surface area contributed by atoms with Gasteiger partial charge in [-0.25, -0.2) is 0 Å². The van der Waals surface area contributed by atoms with Crippen LogP contribution in [0.1, 0.15) is 39.0 Å². The molecule has 0 heterocycles. The molecule has 0 amide bonds. The van der Waals surface area contributed by atoms with Crippen molar-refractivity contribution in [1.82, 2.24) is 5.32 Å². The molecule has 1 rings (SSSR count). The van der Waals surface area contributed by atoms with Gasteiger partial charge in [-0.3, -0.25) is 0 Å². The van der Waals surface area contributed by atoms with Gasteiger partial charge in [0.1, 0.15) is 0 Å². The van der Waals surface area contributed by atoms with E-state index in [1.54, 1.807) is 0 Å². The van der Waals surface area contributed by atoms with Crippen molar-refractivity contribution < 1.29 is 10.2 Å². The Kier molecular flexibility index (Phi) is 6.22. The van der Waals surface area contributed by atoms with Crippen molar-refractivity contribution in [2.75, 3.05) is 19.7 Å². The van der Waals surface area contributed by atoms with Crippen LogP contribution in [0, 0.1) is 11.8 Å². The summed E-state index contributed by atoms with van der Waals surface area (Å²) in [6.45, 7) is 3.65. The molecule has 0 saturated heterocycles. The Labute approximate surface area is 92.9 Å². The van der Waals surface area contributed by atoms with Gasteiger partial charge in [-0.2, -0.15) is 0 Å². The Bertz CT molecular complexity index is 156. The first-order valence-corrected chi connectivity index (χ1v) is 6.25. The van der Waals surface area contributed by atoms with Gasteiger partial charge in [0.05, 0.1) is 12.7 Å². The highest BCUT2D eigenvalue weighted by Crippen LogP contribution is 2.29. The van der Waals surface area contributed by atoms with Gasteiger partial charge in [-0.15, -0.1) is 0 Å². The van der Waals surface area contributed by atoms with Crippen molar-refractivity contribution in [3.63, 3.8) is 0 Å². The highest BCUT2D eigenvalue weighted by atomic mass is 16.3. The lowest BCUT2D eigenvalue weighted by Crippen LogP contribution is -2.33. The predicted octanol–water partition coefficient (Wildman–Crippen LogP) is 1.15. The number of aliphatic hydroxyl groups excluding tert-OH is 2. The van der Waals surface area contributed by atoms with Crippen LogP contribution in [0.5, 0.6) is 0 Å². The number of nitrogens with one attached hydrogen (secondary N) is 1. The van der Waals surface area contributed by atoms with Crippen LogP contribution in [-0.4, -0.2) is 36.0 Å². The minimum Gasteiger partial charge on any atom is -0.394 e.